The number of benzene rings is 2. The number of nitrogens with one attached hydrogen (secondary N) is 1. The number of thiazole rings is 1. The minimum atomic E-state index is -2.02. The molecule has 52 heavy (non-hydrogen) atoms. The first kappa shape index (κ1) is 39.2. The first-order chi connectivity index (χ1) is 24.8. The number of carbonyl (C=O) groups is 2. The third-order valence-corrected chi connectivity index (χ3v) is 9.11. The van der Waals surface area contributed by atoms with E-state index in [-0.39, 0.29) is 31.1 Å². The van der Waals surface area contributed by atoms with Crippen LogP contribution in [0.1, 0.15) is 41.5 Å². The number of esters is 1. The molecule has 0 aliphatic carbocycles. The first-order valence-corrected chi connectivity index (χ1v) is 16.8. The maximum absolute atomic E-state index is 15.3. The lowest BCUT2D eigenvalue weighted by Crippen LogP contribution is -2.43. The number of nitriles is 1. The van der Waals surface area contributed by atoms with E-state index in [0.29, 0.717) is 21.8 Å². The molecule has 0 saturated heterocycles. The molecule has 13 nitrogen and oxygen atoms in total. The summed E-state index contributed by atoms with van der Waals surface area (Å²) >= 11 is 1.25. The number of hydrazone groups is 1. The van der Waals surface area contributed by atoms with Gasteiger partial charge in [-0.05, 0) is 43.4 Å². The number of anilines is 1. The molecule has 1 unspecified atom stereocenters. The van der Waals surface area contributed by atoms with Gasteiger partial charge in [-0.2, -0.15) is 5.26 Å². The zero-order chi connectivity index (χ0) is 38.0. The second-order valence-corrected chi connectivity index (χ2v) is 12.7. The van der Waals surface area contributed by atoms with Crippen molar-refractivity contribution in [1.29, 1.82) is 5.26 Å². The third kappa shape index (κ3) is 9.57. The van der Waals surface area contributed by atoms with Crippen LogP contribution in [0, 0.1) is 23.0 Å². The molecule has 2 aromatic carbocycles. The van der Waals surface area contributed by atoms with Gasteiger partial charge in [0.25, 0.3) is 0 Å². The third-order valence-electron chi connectivity index (χ3n) is 8.09. The highest BCUT2D eigenvalue weighted by Crippen LogP contribution is 2.41. The first-order valence-electron chi connectivity index (χ1n) is 15.9. The molecule has 0 radical (unpaired) electrons. The van der Waals surface area contributed by atoms with Crippen LogP contribution in [0.15, 0.2) is 71.3 Å². The zero-order valence-electron chi connectivity index (χ0n) is 29.3. The number of nitrogens with zero attached hydrogens (tertiary/aromatic N) is 7. The van der Waals surface area contributed by atoms with Crippen LogP contribution in [0.25, 0.3) is 11.3 Å². The highest BCUT2D eigenvalue weighted by molar-refractivity contribution is 7.10. The van der Waals surface area contributed by atoms with Gasteiger partial charge in [0.15, 0.2) is 0 Å². The van der Waals surface area contributed by atoms with Gasteiger partial charge in [0, 0.05) is 60.3 Å². The van der Waals surface area contributed by atoms with E-state index in [4.69, 9.17) is 14.7 Å². The number of ether oxygens (including phenoxy) is 2. The smallest absolute Gasteiger partial charge is 0.418 e. The van der Waals surface area contributed by atoms with Gasteiger partial charge in [0.05, 0.1) is 42.1 Å². The van der Waals surface area contributed by atoms with Gasteiger partial charge >= 0.3 is 18.4 Å². The van der Waals surface area contributed by atoms with Crippen molar-refractivity contribution in [3.63, 3.8) is 0 Å². The summed E-state index contributed by atoms with van der Waals surface area (Å²) in [5, 5.41) is 31.9. The Kier molecular flexibility index (Phi) is 13.2. The Morgan fingerprint density at radius 2 is 1.94 bits per heavy atom. The number of aromatic nitrogens is 2. The molecule has 2 heterocycles. The van der Waals surface area contributed by atoms with Crippen molar-refractivity contribution in [1.82, 2.24) is 20.3 Å². The van der Waals surface area contributed by atoms with E-state index < -0.39 is 41.4 Å². The van der Waals surface area contributed by atoms with E-state index >= 15 is 4.39 Å². The Balaban J connectivity index is 1.48. The van der Waals surface area contributed by atoms with Gasteiger partial charge in [-0.25, -0.2) is 33.1 Å². The predicted molar refractivity (Wildman–Crippen MR) is 192 cm³/mol. The Hall–Kier alpha value is -5.63. The average molecular weight is 734 g/mol. The second kappa shape index (κ2) is 17.5. The molecule has 272 valence electrons. The molecule has 0 aliphatic rings. The fourth-order valence-corrected chi connectivity index (χ4v) is 6.01. The summed E-state index contributed by atoms with van der Waals surface area (Å²) in [7, 11) is 4.60. The van der Waals surface area contributed by atoms with Gasteiger partial charge in [-0.15, -0.1) is 11.3 Å². The fraction of sp³-hybridized carbons (Fsp3) is 0.306. The Morgan fingerprint density at radius 1 is 1.21 bits per heavy atom. The molecule has 0 fully saturated rings. The maximum atomic E-state index is 15.3. The van der Waals surface area contributed by atoms with Crippen LogP contribution in [-0.4, -0.2) is 90.2 Å². The summed E-state index contributed by atoms with van der Waals surface area (Å²) in [6, 6.07) is 15.1. The van der Waals surface area contributed by atoms with Crippen molar-refractivity contribution in [3.8, 4) is 17.3 Å². The van der Waals surface area contributed by atoms with Crippen LogP contribution < -0.4 is 10.2 Å². The number of hydrogen-bond acceptors (Lipinski definition) is 12. The number of aliphatic hydroxyl groups is 1. The van der Waals surface area contributed by atoms with Crippen LogP contribution in [-0.2, 0) is 26.5 Å². The largest absolute Gasteiger partial charge is 0.460 e. The SMILES string of the molecule is C=[N+](/C=N\N(C)C[C@](O)(c1cc(F)ccc1F)[C@@H](C)c1nc(-c2ccc(C#N)cc2)cs1)C(C)OC(=O)N(C)c1ncccc1COC(=O)CNC. The number of amides is 1. The van der Waals surface area contributed by atoms with Crippen molar-refractivity contribution >= 4 is 42.3 Å². The van der Waals surface area contributed by atoms with Crippen LogP contribution in [0.4, 0.5) is 19.4 Å². The van der Waals surface area contributed by atoms with Crippen LogP contribution in [0.5, 0.6) is 0 Å². The van der Waals surface area contributed by atoms with E-state index in [1.165, 1.54) is 47.6 Å². The van der Waals surface area contributed by atoms with Gasteiger partial charge in [0.2, 0.25) is 6.23 Å². The molecule has 1 amide bonds. The lowest BCUT2D eigenvalue weighted by Gasteiger charge is -2.34. The Bertz CT molecular complexity index is 1970. The number of carbonyl (C=O) groups excluding carboxylic acids is 2. The highest BCUT2D eigenvalue weighted by atomic mass is 32.1. The van der Waals surface area contributed by atoms with E-state index in [0.717, 1.165) is 28.7 Å². The van der Waals surface area contributed by atoms with E-state index in [1.54, 1.807) is 62.7 Å². The van der Waals surface area contributed by atoms with Crippen molar-refractivity contribution in [2.75, 3.05) is 39.1 Å². The lowest BCUT2D eigenvalue weighted by molar-refractivity contribution is -0.486. The van der Waals surface area contributed by atoms with Crippen molar-refractivity contribution in [2.45, 2.75) is 38.2 Å². The van der Waals surface area contributed by atoms with Crippen LogP contribution in [0.2, 0.25) is 0 Å². The second-order valence-electron chi connectivity index (χ2n) is 11.8. The summed E-state index contributed by atoms with van der Waals surface area (Å²) in [4.78, 5) is 34.9. The van der Waals surface area contributed by atoms with Crippen molar-refractivity contribution in [2.24, 2.45) is 5.10 Å². The number of hydrogen-bond donors (Lipinski definition) is 2. The van der Waals surface area contributed by atoms with Crippen molar-refractivity contribution in [3.05, 3.63) is 99.5 Å². The number of pyridine rings is 1. The molecular weight excluding hydrogens is 695 g/mol. The van der Waals surface area contributed by atoms with Gasteiger partial charge < -0.3 is 19.9 Å². The quantitative estimate of drug-likeness (QED) is 0.0434. The molecule has 16 heteroatoms. The Morgan fingerprint density at radius 3 is 2.63 bits per heavy atom. The number of halogens is 2. The normalized spacial score (nSPS) is 13.4. The summed E-state index contributed by atoms with van der Waals surface area (Å²) in [5.41, 5.74) is 0.0190. The minimum Gasteiger partial charge on any atom is -0.460 e. The lowest BCUT2D eigenvalue weighted by atomic mass is 9.81. The van der Waals surface area contributed by atoms with E-state index in [1.807, 2.05) is 0 Å². The van der Waals surface area contributed by atoms with Gasteiger partial charge in [-0.1, -0.05) is 25.1 Å². The topological polar surface area (TPSA) is 156 Å². The van der Waals surface area contributed by atoms with Crippen molar-refractivity contribution < 1.29 is 37.5 Å². The standard InChI is InChI=1S/C36H39F2N8O5S/c1-23(34-43-31(20-52-34)26-11-9-25(17-39)10-12-26)36(49,29-16-28(37)13-14-30(29)38)21-45(5)42-22-44(4)24(2)51-35(48)46(6)33-27(8-7-15-41-33)19-50-32(47)18-40-3/h7-16,20,22-24,40,49H,4,18-19,21H2,1-3,5-6H3/q+1/b42-22-/t23-,24?,36+/m0/s1. The van der Waals surface area contributed by atoms with E-state index in [2.05, 4.69) is 33.2 Å². The molecule has 0 spiro atoms. The minimum absolute atomic E-state index is 0.0226. The zero-order valence-corrected chi connectivity index (χ0v) is 30.1. The Labute approximate surface area is 304 Å². The molecule has 0 aliphatic heterocycles. The highest BCUT2D eigenvalue weighted by Gasteiger charge is 2.42. The molecule has 4 aromatic rings. The van der Waals surface area contributed by atoms with E-state index in [9.17, 15) is 19.1 Å². The van der Waals surface area contributed by atoms with Crippen LogP contribution in [0.3, 0.4) is 0 Å². The summed E-state index contributed by atoms with van der Waals surface area (Å²) in [5.74, 6) is -2.63. The number of likely N-dealkylation sites (N-methyl/N-ethyl adjacent to an activating group) is 2. The summed E-state index contributed by atoms with van der Waals surface area (Å²) in [6.07, 6.45) is 1.02. The maximum Gasteiger partial charge on any atom is 0.418 e. The van der Waals surface area contributed by atoms with Gasteiger partial charge in [0.1, 0.15) is 29.7 Å². The summed E-state index contributed by atoms with van der Waals surface area (Å²) in [6.45, 7) is 6.69. The molecule has 4 rings (SSSR count). The molecule has 0 saturated carbocycles. The number of rotatable bonds is 15. The van der Waals surface area contributed by atoms with Crippen LogP contribution >= 0.6 is 11.3 Å². The molecular formula is C36H39F2N8O5S+. The molecule has 2 N–H and O–H groups in total. The summed E-state index contributed by atoms with van der Waals surface area (Å²) < 4.78 is 41.7. The fourth-order valence-electron chi connectivity index (χ4n) is 5.04. The van der Waals surface area contributed by atoms with Gasteiger partial charge in [-0.3, -0.25) is 9.69 Å². The monoisotopic (exact) mass is 733 g/mol. The molecule has 2 aromatic heterocycles. The predicted octanol–water partition coefficient (Wildman–Crippen LogP) is 4.82. The average Bonchev–Trinajstić information content (AvgIpc) is 3.64. The molecule has 3 atom stereocenters. The molecule has 0 bridgehead atoms.